The zero-order valence-corrected chi connectivity index (χ0v) is 16.4. The molecule has 0 atom stereocenters. The molecule has 0 aromatic heterocycles. The smallest absolute Gasteiger partial charge is 0.225 e. The van der Waals surface area contributed by atoms with Gasteiger partial charge in [-0.05, 0) is 49.9 Å². The van der Waals surface area contributed by atoms with Crippen LogP contribution < -0.4 is 14.8 Å². The molecule has 1 aliphatic rings. The van der Waals surface area contributed by atoms with Crippen molar-refractivity contribution in [2.24, 2.45) is 5.92 Å². The van der Waals surface area contributed by atoms with Crippen LogP contribution in [0.3, 0.4) is 0 Å². The Morgan fingerprint density at radius 1 is 1.25 bits per heavy atom. The molecule has 0 radical (unpaired) electrons. The van der Waals surface area contributed by atoms with Gasteiger partial charge in [0.05, 0.1) is 14.2 Å². The standard InChI is InChI=1S/C17H26N2O3S.ClH/c1-19(17(20)12-5-7-18-8-6-12)11-13-9-14(21-2)15(22-3)10-16(13)23-4;/h9-10,12,18H,5-8,11H2,1-4H3;1H. The van der Waals surface area contributed by atoms with Gasteiger partial charge in [0.15, 0.2) is 11.5 Å². The van der Waals surface area contributed by atoms with Crippen LogP contribution in [0.5, 0.6) is 11.5 Å². The van der Waals surface area contributed by atoms with E-state index in [1.54, 1.807) is 26.0 Å². The highest BCUT2D eigenvalue weighted by Crippen LogP contribution is 2.35. The van der Waals surface area contributed by atoms with Crippen molar-refractivity contribution in [2.75, 3.05) is 40.6 Å². The second-order valence-electron chi connectivity index (χ2n) is 5.74. The lowest BCUT2D eigenvalue weighted by Crippen LogP contribution is -2.39. The summed E-state index contributed by atoms with van der Waals surface area (Å²) < 4.78 is 10.7. The third kappa shape index (κ3) is 4.94. The number of nitrogens with one attached hydrogen (secondary N) is 1. The highest BCUT2D eigenvalue weighted by atomic mass is 35.5. The minimum absolute atomic E-state index is 0. The number of rotatable bonds is 6. The quantitative estimate of drug-likeness (QED) is 0.776. The van der Waals surface area contributed by atoms with Crippen LogP contribution in [0.15, 0.2) is 17.0 Å². The van der Waals surface area contributed by atoms with Crippen LogP contribution in [0.4, 0.5) is 0 Å². The fourth-order valence-corrected chi connectivity index (χ4v) is 3.54. The van der Waals surface area contributed by atoms with Crippen molar-refractivity contribution in [3.63, 3.8) is 0 Å². The summed E-state index contributed by atoms with van der Waals surface area (Å²) in [4.78, 5) is 15.5. The van der Waals surface area contributed by atoms with E-state index in [1.165, 1.54) is 0 Å². The molecule has 1 saturated heterocycles. The molecule has 0 unspecified atom stereocenters. The van der Waals surface area contributed by atoms with Crippen LogP contribution in [0.25, 0.3) is 0 Å². The number of carbonyl (C=O) groups is 1. The second-order valence-corrected chi connectivity index (χ2v) is 6.59. The highest BCUT2D eigenvalue weighted by Gasteiger charge is 2.24. The first-order chi connectivity index (χ1) is 11.1. The summed E-state index contributed by atoms with van der Waals surface area (Å²) >= 11 is 1.65. The summed E-state index contributed by atoms with van der Waals surface area (Å²) in [5.41, 5.74) is 1.08. The molecule has 24 heavy (non-hydrogen) atoms. The first-order valence-corrected chi connectivity index (χ1v) is 9.07. The monoisotopic (exact) mass is 374 g/mol. The van der Waals surface area contributed by atoms with Gasteiger partial charge in [-0.1, -0.05) is 0 Å². The van der Waals surface area contributed by atoms with Crippen LogP contribution in [0.1, 0.15) is 18.4 Å². The molecule has 1 aromatic carbocycles. The Balaban J connectivity index is 0.00000288. The van der Waals surface area contributed by atoms with E-state index in [0.717, 1.165) is 36.4 Å². The van der Waals surface area contributed by atoms with Crippen LogP contribution in [0.2, 0.25) is 0 Å². The summed E-state index contributed by atoms with van der Waals surface area (Å²) in [6.07, 6.45) is 3.87. The first-order valence-electron chi connectivity index (χ1n) is 7.85. The largest absolute Gasteiger partial charge is 0.493 e. The Labute approximate surface area is 154 Å². The maximum Gasteiger partial charge on any atom is 0.225 e. The second kappa shape index (κ2) is 10.0. The van der Waals surface area contributed by atoms with E-state index < -0.39 is 0 Å². The number of methoxy groups -OCH3 is 2. The lowest BCUT2D eigenvalue weighted by molar-refractivity contribution is -0.135. The molecule has 1 heterocycles. The summed E-state index contributed by atoms with van der Waals surface area (Å²) in [5, 5.41) is 3.30. The lowest BCUT2D eigenvalue weighted by atomic mass is 9.96. The van der Waals surface area contributed by atoms with E-state index in [4.69, 9.17) is 9.47 Å². The van der Waals surface area contributed by atoms with E-state index >= 15 is 0 Å². The third-order valence-electron chi connectivity index (χ3n) is 4.26. The van der Waals surface area contributed by atoms with Gasteiger partial charge in [0.1, 0.15) is 0 Å². The molecular weight excluding hydrogens is 348 g/mol. The fourth-order valence-electron chi connectivity index (χ4n) is 2.93. The molecule has 5 nitrogen and oxygen atoms in total. The highest BCUT2D eigenvalue weighted by molar-refractivity contribution is 7.98. The van der Waals surface area contributed by atoms with Gasteiger partial charge >= 0.3 is 0 Å². The number of amides is 1. The minimum atomic E-state index is 0. The molecule has 1 aliphatic heterocycles. The van der Waals surface area contributed by atoms with Crippen LogP contribution >= 0.6 is 24.2 Å². The molecule has 0 saturated carbocycles. The lowest BCUT2D eigenvalue weighted by Gasteiger charge is -2.27. The minimum Gasteiger partial charge on any atom is -0.493 e. The number of halogens is 1. The van der Waals surface area contributed by atoms with Crippen molar-refractivity contribution in [3.05, 3.63) is 17.7 Å². The number of nitrogens with zero attached hydrogens (tertiary/aromatic N) is 1. The summed E-state index contributed by atoms with van der Waals surface area (Å²) in [6.45, 7) is 2.44. The summed E-state index contributed by atoms with van der Waals surface area (Å²) in [7, 11) is 5.14. The van der Waals surface area contributed by atoms with Gasteiger partial charge in [-0.2, -0.15) is 0 Å². The Morgan fingerprint density at radius 2 is 1.83 bits per heavy atom. The molecule has 1 N–H and O–H groups in total. The van der Waals surface area contributed by atoms with Gasteiger partial charge in [0.25, 0.3) is 0 Å². The Morgan fingerprint density at radius 3 is 2.38 bits per heavy atom. The molecule has 7 heteroatoms. The number of ether oxygens (including phenoxy) is 2. The van der Waals surface area contributed by atoms with Crippen LogP contribution in [0, 0.1) is 5.92 Å². The van der Waals surface area contributed by atoms with Gasteiger partial charge in [0, 0.05) is 24.4 Å². The van der Waals surface area contributed by atoms with Crippen molar-refractivity contribution in [1.82, 2.24) is 10.2 Å². The predicted octanol–water partition coefficient (Wildman–Crippen LogP) is 2.81. The maximum absolute atomic E-state index is 12.6. The zero-order valence-electron chi connectivity index (χ0n) is 14.8. The predicted molar refractivity (Wildman–Crippen MR) is 101 cm³/mol. The molecule has 0 spiro atoms. The van der Waals surface area contributed by atoms with E-state index in [1.807, 2.05) is 30.3 Å². The number of benzene rings is 1. The van der Waals surface area contributed by atoms with Crippen molar-refractivity contribution >= 4 is 30.1 Å². The number of thioether (sulfide) groups is 1. The number of carbonyl (C=O) groups excluding carboxylic acids is 1. The Hall–Kier alpha value is -1.11. The van der Waals surface area contributed by atoms with Gasteiger partial charge in [0.2, 0.25) is 5.91 Å². The number of hydrogen-bond donors (Lipinski definition) is 1. The van der Waals surface area contributed by atoms with E-state index in [0.29, 0.717) is 18.0 Å². The summed E-state index contributed by atoms with van der Waals surface area (Å²) in [6, 6.07) is 3.94. The van der Waals surface area contributed by atoms with E-state index in [-0.39, 0.29) is 24.2 Å². The molecule has 2 rings (SSSR count). The first kappa shape index (κ1) is 20.9. The molecular formula is C17H27ClN2O3S. The molecule has 1 amide bonds. The normalized spacial score (nSPS) is 14.7. The average Bonchev–Trinajstić information content (AvgIpc) is 2.61. The average molecular weight is 375 g/mol. The number of piperidine rings is 1. The van der Waals surface area contributed by atoms with Crippen molar-refractivity contribution in [2.45, 2.75) is 24.3 Å². The molecule has 1 aromatic rings. The summed E-state index contributed by atoms with van der Waals surface area (Å²) in [5.74, 6) is 1.78. The maximum atomic E-state index is 12.6. The zero-order chi connectivity index (χ0) is 16.8. The van der Waals surface area contributed by atoms with Gasteiger partial charge in [-0.3, -0.25) is 4.79 Å². The Kier molecular flexibility index (Phi) is 8.73. The van der Waals surface area contributed by atoms with Crippen LogP contribution in [-0.4, -0.2) is 51.4 Å². The van der Waals surface area contributed by atoms with Crippen LogP contribution in [-0.2, 0) is 11.3 Å². The molecule has 136 valence electrons. The van der Waals surface area contributed by atoms with Crippen molar-refractivity contribution < 1.29 is 14.3 Å². The van der Waals surface area contributed by atoms with E-state index in [2.05, 4.69) is 5.32 Å². The molecule has 1 fully saturated rings. The van der Waals surface area contributed by atoms with Crippen molar-refractivity contribution in [3.8, 4) is 11.5 Å². The molecule has 0 aliphatic carbocycles. The van der Waals surface area contributed by atoms with Gasteiger partial charge in [-0.15, -0.1) is 24.2 Å². The van der Waals surface area contributed by atoms with Gasteiger partial charge < -0.3 is 19.7 Å². The Bertz CT molecular complexity index is 551. The third-order valence-corrected chi connectivity index (χ3v) is 5.08. The molecule has 0 bridgehead atoms. The topological polar surface area (TPSA) is 50.8 Å². The van der Waals surface area contributed by atoms with Crippen molar-refractivity contribution in [1.29, 1.82) is 0 Å². The van der Waals surface area contributed by atoms with Gasteiger partial charge in [-0.25, -0.2) is 0 Å². The number of hydrogen-bond acceptors (Lipinski definition) is 5. The fraction of sp³-hybridized carbons (Fsp3) is 0.588. The SMILES string of the molecule is COc1cc(CN(C)C(=O)C2CCNCC2)c(SC)cc1OC.Cl. The van der Waals surface area contributed by atoms with E-state index in [9.17, 15) is 4.79 Å².